The number of fused-ring (bicyclic) bond motifs is 1. The third kappa shape index (κ3) is 2.08. The van der Waals surface area contributed by atoms with Gasteiger partial charge in [0.15, 0.2) is 9.84 Å². The van der Waals surface area contributed by atoms with Crippen LogP contribution in [0.25, 0.3) is 22.4 Å². The molecular formula is C14H13N3O2S. The second-order valence-corrected chi connectivity index (χ2v) is 6.67. The number of imidazole rings is 1. The molecule has 0 saturated carbocycles. The van der Waals surface area contributed by atoms with Gasteiger partial charge in [0.25, 0.3) is 0 Å². The second kappa shape index (κ2) is 4.42. The minimum atomic E-state index is -3.17. The molecule has 3 aromatic rings. The summed E-state index contributed by atoms with van der Waals surface area (Å²) in [5.74, 6) is 0.785. The monoisotopic (exact) mass is 287 g/mol. The number of rotatable bonds is 2. The Morgan fingerprint density at radius 3 is 2.40 bits per heavy atom. The highest BCUT2D eigenvalue weighted by Gasteiger charge is 2.11. The molecule has 20 heavy (non-hydrogen) atoms. The fourth-order valence-corrected chi connectivity index (χ4v) is 2.79. The Bertz CT molecular complexity index is 880. The minimum absolute atomic E-state index is 0.307. The summed E-state index contributed by atoms with van der Waals surface area (Å²) in [5.41, 5.74) is 2.68. The maximum absolute atomic E-state index is 11.5. The molecule has 1 aromatic carbocycles. The first kappa shape index (κ1) is 12.8. The van der Waals surface area contributed by atoms with Crippen LogP contribution in [0.2, 0.25) is 0 Å². The zero-order valence-corrected chi connectivity index (χ0v) is 11.9. The Morgan fingerprint density at radius 2 is 1.80 bits per heavy atom. The highest BCUT2D eigenvalue weighted by molar-refractivity contribution is 7.90. The Morgan fingerprint density at radius 1 is 1.10 bits per heavy atom. The van der Waals surface area contributed by atoms with Crippen LogP contribution in [-0.2, 0) is 16.9 Å². The number of hydrogen-bond acceptors (Lipinski definition) is 4. The van der Waals surface area contributed by atoms with Crippen molar-refractivity contribution in [1.29, 1.82) is 0 Å². The van der Waals surface area contributed by atoms with E-state index in [0.29, 0.717) is 4.90 Å². The zero-order valence-electron chi connectivity index (χ0n) is 11.1. The zero-order chi connectivity index (χ0) is 14.3. The molecule has 5 nitrogen and oxygen atoms in total. The van der Waals surface area contributed by atoms with E-state index in [-0.39, 0.29) is 0 Å². The van der Waals surface area contributed by atoms with Gasteiger partial charge in [-0.1, -0.05) is 0 Å². The molecule has 6 heteroatoms. The summed E-state index contributed by atoms with van der Waals surface area (Å²) in [6.45, 7) is 0. The minimum Gasteiger partial charge on any atom is -0.327 e. The van der Waals surface area contributed by atoms with Crippen LogP contribution < -0.4 is 0 Å². The van der Waals surface area contributed by atoms with Crippen LogP contribution in [0.15, 0.2) is 47.6 Å². The van der Waals surface area contributed by atoms with E-state index in [2.05, 4.69) is 9.97 Å². The third-order valence-corrected chi connectivity index (χ3v) is 4.35. The number of pyridine rings is 1. The van der Waals surface area contributed by atoms with Gasteiger partial charge in [-0.15, -0.1) is 0 Å². The van der Waals surface area contributed by atoms with Crippen LogP contribution in [0, 0.1) is 0 Å². The van der Waals surface area contributed by atoms with E-state index in [4.69, 9.17) is 0 Å². The van der Waals surface area contributed by atoms with Gasteiger partial charge in [0.1, 0.15) is 11.3 Å². The van der Waals surface area contributed by atoms with E-state index in [1.165, 1.54) is 6.26 Å². The van der Waals surface area contributed by atoms with Crippen molar-refractivity contribution < 1.29 is 8.42 Å². The smallest absolute Gasteiger partial charge is 0.175 e. The van der Waals surface area contributed by atoms with Crippen LogP contribution in [0.1, 0.15) is 0 Å². The first-order valence-electron chi connectivity index (χ1n) is 6.04. The Hall–Kier alpha value is -2.21. The molecular weight excluding hydrogens is 274 g/mol. The molecule has 102 valence electrons. The highest BCUT2D eigenvalue weighted by Crippen LogP contribution is 2.24. The van der Waals surface area contributed by atoms with E-state index in [0.717, 1.165) is 22.4 Å². The molecule has 0 spiro atoms. The van der Waals surface area contributed by atoms with E-state index < -0.39 is 9.84 Å². The van der Waals surface area contributed by atoms with E-state index in [1.54, 1.807) is 36.7 Å². The van der Waals surface area contributed by atoms with Crippen molar-refractivity contribution in [1.82, 2.24) is 14.5 Å². The van der Waals surface area contributed by atoms with Crippen LogP contribution in [0.5, 0.6) is 0 Å². The van der Waals surface area contributed by atoms with Crippen LogP contribution in [-0.4, -0.2) is 29.2 Å². The summed E-state index contributed by atoms with van der Waals surface area (Å²) in [4.78, 5) is 8.88. The highest BCUT2D eigenvalue weighted by atomic mass is 32.2. The maximum Gasteiger partial charge on any atom is 0.175 e. The lowest BCUT2D eigenvalue weighted by Crippen LogP contribution is -1.97. The summed E-state index contributed by atoms with van der Waals surface area (Å²) in [6, 6.07) is 8.64. The van der Waals surface area contributed by atoms with Gasteiger partial charge in [0.05, 0.1) is 16.6 Å². The largest absolute Gasteiger partial charge is 0.327 e. The van der Waals surface area contributed by atoms with Crippen molar-refractivity contribution >= 4 is 20.9 Å². The average molecular weight is 287 g/mol. The number of nitrogens with zero attached hydrogens (tertiary/aromatic N) is 3. The van der Waals surface area contributed by atoms with Crippen molar-refractivity contribution in [3.63, 3.8) is 0 Å². The van der Waals surface area contributed by atoms with Crippen LogP contribution in [0.4, 0.5) is 0 Å². The summed E-state index contributed by atoms with van der Waals surface area (Å²) in [7, 11) is -1.25. The lowest BCUT2D eigenvalue weighted by Gasteiger charge is -2.03. The molecule has 0 aliphatic carbocycles. The van der Waals surface area contributed by atoms with Gasteiger partial charge in [0, 0.05) is 25.1 Å². The number of aromatic nitrogens is 3. The predicted octanol–water partition coefficient (Wildman–Crippen LogP) is 2.04. The molecule has 3 rings (SSSR count). The average Bonchev–Trinajstić information content (AvgIpc) is 2.76. The first-order valence-corrected chi connectivity index (χ1v) is 7.93. The lowest BCUT2D eigenvalue weighted by molar-refractivity contribution is 0.602. The van der Waals surface area contributed by atoms with Crippen molar-refractivity contribution in [2.75, 3.05) is 6.26 Å². The second-order valence-electron chi connectivity index (χ2n) is 4.66. The van der Waals surface area contributed by atoms with Gasteiger partial charge in [-0.2, -0.15) is 0 Å². The molecule has 0 N–H and O–H groups in total. The molecule has 0 unspecified atom stereocenters. The summed E-state index contributed by atoms with van der Waals surface area (Å²) < 4.78 is 24.9. The number of hydrogen-bond donors (Lipinski definition) is 0. The third-order valence-electron chi connectivity index (χ3n) is 3.22. The fraction of sp³-hybridized carbons (Fsp3) is 0.143. The predicted molar refractivity (Wildman–Crippen MR) is 77.1 cm³/mol. The molecule has 2 aromatic heterocycles. The Balaban J connectivity index is 2.14. The normalized spacial score (nSPS) is 11.9. The molecule has 2 heterocycles. The topological polar surface area (TPSA) is 64.8 Å². The molecule has 0 bridgehead atoms. The molecule has 0 saturated heterocycles. The Labute approximate surface area is 116 Å². The molecule has 0 radical (unpaired) electrons. The SMILES string of the molecule is Cn1c(-c2ccc(S(C)(=O)=O)cc2)nc2cnccc21. The molecule has 0 amide bonds. The standard InChI is InChI=1S/C14H13N3O2S/c1-17-13-7-8-15-9-12(13)16-14(17)10-3-5-11(6-4-10)20(2,18)19/h3-9H,1-2H3. The van der Waals surface area contributed by atoms with Crippen molar-refractivity contribution in [3.8, 4) is 11.4 Å². The summed E-state index contributed by atoms with van der Waals surface area (Å²) in [5, 5.41) is 0. The van der Waals surface area contributed by atoms with E-state index in [1.807, 2.05) is 17.7 Å². The van der Waals surface area contributed by atoms with Crippen molar-refractivity contribution in [3.05, 3.63) is 42.7 Å². The van der Waals surface area contributed by atoms with Gasteiger partial charge < -0.3 is 4.57 Å². The van der Waals surface area contributed by atoms with Gasteiger partial charge in [-0.25, -0.2) is 13.4 Å². The van der Waals surface area contributed by atoms with Crippen LogP contribution in [0.3, 0.4) is 0 Å². The summed E-state index contributed by atoms with van der Waals surface area (Å²) in [6.07, 6.45) is 4.63. The maximum atomic E-state index is 11.5. The quantitative estimate of drug-likeness (QED) is 0.723. The molecule has 0 fully saturated rings. The van der Waals surface area contributed by atoms with E-state index >= 15 is 0 Å². The van der Waals surface area contributed by atoms with Gasteiger partial charge >= 0.3 is 0 Å². The lowest BCUT2D eigenvalue weighted by atomic mass is 10.2. The number of aryl methyl sites for hydroxylation is 1. The molecule has 0 aliphatic rings. The number of benzene rings is 1. The Kier molecular flexibility index (Phi) is 2.83. The van der Waals surface area contributed by atoms with Gasteiger partial charge in [-0.3, -0.25) is 4.98 Å². The molecule has 0 aliphatic heterocycles. The van der Waals surface area contributed by atoms with Crippen LogP contribution >= 0.6 is 0 Å². The first-order chi connectivity index (χ1) is 9.47. The van der Waals surface area contributed by atoms with E-state index in [9.17, 15) is 8.42 Å². The van der Waals surface area contributed by atoms with Gasteiger partial charge in [0.2, 0.25) is 0 Å². The van der Waals surface area contributed by atoms with Crippen molar-refractivity contribution in [2.45, 2.75) is 4.90 Å². The van der Waals surface area contributed by atoms with Crippen molar-refractivity contribution in [2.24, 2.45) is 7.05 Å². The number of sulfone groups is 1. The summed E-state index contributed by atoms with van der Waals surface area (Å²) >= 11 is 0. The fourth-order valence-electron chi connectivity index (χ4n) is 2.16. The van der Waals surface area contributed by atoms with Gasteiger partial charge in [-0.05, 0) is 30.3 Å². The molecule has 0 atom stereocenters.